The highest BCUT2D eigenvalue weighted by atomic mass is 79.9. The van der Waals surface area contributed by atoms with Crippen LogP contribution in [0.25, 0.3) is 10.9 Å². The number of benzene rings is 1. The van der Waals surface area contributed by atoms with Crippen LogP contribution < -0.4 is 4.90 Å². The monoisotopic (exact) mass is 383 g/mol. The summed E-state index contributed by atoms with van der Waals surface area (Å²) in [5.74, 6) is 0.814. The van der Waals surface area contributed by atoms with Gasteiger partial charge in [-0.2, -0.15) is 0 Å². The number of rotatable bonds is 3. The third-order valence-corrected chi connectivity index (χ3v) is 4.74. The van der Waals surface area contributed by atoms with Gasteiger partial charge in [-0.1, -0.05) is 12.1 Å². The van der Waals surface area contributed by atoms with Crippen LogP contribution in [-0.4, -0.2) is 46.0 Å². The second kappa shape index (κ2) is 6.83. The van der Waals surface area contributed by atoms with Crippen molar-refractivity contribution in [3.8, 4) is 0 Å². The third kappa shape index (κ3) is 3.39. The summed E-state index contributed by atoms with van der Waals surface area (Å²) >= 11 is 3.38. The molecule has 24 heavy (non-hydrogen) atoms. The summed E-state index contributed by atoms with van der Waals surface area (Å²) in [6.07, 6.45) is 5.45. The molecule has 1 aliphatic rings. The summed E-state index contributed by atoms with van der Waals surface area (Å²) in [4.78, 5) is 17.9. The van der Waals surface area contributed by atoms with Crippen molar-refractivity contribution in [3.63, 3.8) is 0 Å². The van der Waals surface area contributed by atoms with Gasteiger partial charge < -0.3 is 4.90 Å². The van der Waals surface area contributed by atoms with E-state index >= 15 is 0 Å². The molecule has 0 saturated carbocycles. The van der Waals surface area contributed by atoms with Gasteiger partial charge in [-0.25, -0.2) is 9.97 Å². The minimum atomic E-state index is 0.814. The Hall–Kier alpha value is -2.05. The smallest absolute Gasteiger partial charge is 0.225 e. The first-order valence-corrected chi connectivity index (χ1v) is 8.86. The molecule has 5 nitrogen and oxygen atoms in total. The third-order valence-electron chi connectivity index (χ3n) is 4.34. The fourth-order valence-corrected chi connectivity index (χ4v) is 3.26. The zero-order chi connectivity index (χ0) is 16.4. The number of hydrogen-bond acceptors (Lipinski definition) is 5. The Morgan fingerprint density at radius 3 is 2.54 bits per heavy atom. The Morgan fingerprint density at radius 1 is 0.958 bits per heavy atom. The molecule has 0 amide bonds. The molecular formula is C18H18BrN5. The van der Waals surface area contributed by atoms with Gasteiger partial charge in [0.1, 0.15) is 0 Å². The number of pyridine rings is 1. The fraction of sp³-hybridized carbons (Fsp3) is 0.278. The summed E-state index contributed by atoms with van der Waals surface area (Å²) in [6, 6.07) is 10.6. The van der Waals surface area contributed by atoms with Gasteiger partial charge >= 0.3 is 0 Å². The lowest BCUT2D eigenvalue weighted by Gasteiger charge is -2.34. The van der Waals surface area contributed by atoms with Crippen LogP contribution in [0.2, 0.25) is 0 Å². The van der Waals surface area contributed by atoms with Crippen molar-refractivity contribution < 1.29 is 0 Å². The van der Waals surface area contributed by atoms with Crippen molar-refractivity contribution in [2.24, 2.45) is 0 Å². The van der Waals surface area contributed by atoms with Crippen LogP contribution in [0.3, 0.4) is 0 Å². The molecule has 122 valence electrons. The molecule has 0 bridgehead atoms. The van der Waals surface area contributed by atoms with E-state index in [2.05, 4.69) is 64.9 Å². The van der Waals surface area contributed by atoms with E-state index in [0.717, 1.165) is 48.7 Å². The Balaban J connectivity index is 1.39. The maximum Gasteiger partial charge on any atom is 0.225 e. The number of hydrogen-bond donors (Lipinski definition) is 0. The molecule has 0 atom stereocenters. The van der Waals surface area contributed by atoms with Gasteiger partial charge in [-0.3, -0.25) is 9.88 Å². The van der Waals surface area contributed by atoms with Crippen LogP contribution in [0.5, 0.6) is 0 Å². The summed E-state index contributed by atoms with van der Waals surface area (Å²) in [5.41, 5.74) is 2.39. The zero-order valence-corrected chi connectivity index (χ0v) is 14.9. The summed E-state index contributed by atoms with van der Waals surface area (Å²) in [5, 5.41) is 1.21. The van der Waals surface area contributed by atoms with E-state index < -0.39 is 0 Å². The highest BCUT2D eigenvalue weighted by Crippen LogP contribution is 2.17. The average molecular weight is 384 g/mol. The largest absolute Gasteiger partial charge is 0.338 e. The minimum Gasteiger partial charge on any atom is -0.338 e. The maximum absolute atomic E-state index is 4.39. The molecule has 1 aromatic carbocycles. The van der Waals surface area contributed by atoms with Gasteiger partial charge in [0.15, 0.2) is 0 Å². The molecule has 3 heterocycles. The second-order valence-corrected chi connectivity index (χ2v) is 6.91. The van der Waals surface area contributed by atoms with E-state index in [1.54, 1.807) is 12.4 Å². The van der Waals surface area contributed by atoms with E-state index in [1.165, 1.54) is 10.9 Å². The highest BCUT2D eigenvalue weighted by molar-refractivity contribution is 9.10. The van der Waals surface area contributed by atoms with Gasteiger partial charge in [-0.15, -0.1) is 0 Å². The Labute approximate surface area is 149 Å². The molecule has 1 aliphatic heterocycles. The fourth-order valence-electron chi connectivity index (χ4n) is 3.06. The van der Waals surface area contributed by atoms with Crippen molar-refractivity contribution in [1.29, 1.82) is 0 Å². The van der Waals surface area contributed by atoms with Crippen LogP contribution in [-0.2, 0) is 6.54 Å². The molecular weight excluding hydrogens is 366 g/mol. The first-order chi connectivity index (χ1) is 11.8. The van der Waals surface area contributed by atoms with Crippen molar-refractivity contribution in [1.82, 2.24) is 19.9 Å². The number of fused-ring (bicyclic) bond motifs is 1. The predicted molar refractivity (Wildman–Crippen MR) is 99.0 cm³/mol. The first-order valence-electron chi connectivity index (χ1n) is 8.06. The average Bonchev–Trinajstić information content (AvgIpc) is 2.63. The Bertz CT molecular complexity index is 828. The molecule has 2 aromatic heterocycles. The van der Waals surface area contributed by atoms with Gasteiger partial charge in [0, 0.05) is 56.7 Å². The standard InChI is InChI=1S/C18H18BrN5/c19-16-11-21-18(22-12-16)24-8-6-23(7-9-24)13-14-3-4-17-15(10-14)2-1-5-20-17/h1-5,10-12H,6-9,13H2. The lowest BCUT2D eigenvalue weighted by Crippen LogP contribution is -2.46. The van der Waals surface area contributed by atoms with E-state index in [4.69, 9.17) is 0 Å². The van der Waals surface area contributed by atoms with Crippen LogP contribution in [0.1, 0.15) is 5.56 Å². The lowest BCUT2D eigenvalue weighted by atomic mass is 10.1. The van der Waals surface area contributed by atoms with E-state index in [-0.39, 0.29) is 0 Å². The van der Waals surface area contributed by atoms with Gasteiger partial charge in [-0.05, 0) is 39.7 Å². The molecule has 0 radical (unpaired) electrons. The van der Waals surface area contributed by atoms with Crippen LogP contribution >= 0.6 is 15.9 Å². The summed E-state index contributed by atoms with van der Waals surface area (Å²) < 4.78 is 0.913. The topological polar surface area (TPSA) is 45.2 Å². The molecule has 0 N–H and O–H groups in total. The number of halogens is 1. The molecule has 6 heteroatoms. The van der Waals surface area contributed by atoms with Crippen LogP contribution in [0.4, 0.5) is 5.95 Å². The molecule has 0 unspecified atom stereocenters. The van der Waals surface area contributed by atoms with E-state index in [0.29, 0.717) is 0 Å². The Morgan fingerprint density at radius 2 is 1.75 bits per heavy atom. The number of nitrogens with zero attached hydrogens (tertiary/aromatic N) is 5. The molecule has 3 aromatic rings. The quantitative estimate of drug-likeness (QED) is 0.695. The number of piperazine rings is 1. The first kappa shape index (κ1) is 15.5. The van der Waals surface area contributed by atoms with Crippen LogP contribution in [0, 0.1) is 0 Å². The maximum atomic E-state index is 4.39. The zero-order valence-electron chi connectivity index (χ0n) is 13.3. The van der Waals surface area contributed by atoms with Gasteiger partial charge in [0.25, 0.3) is 0 Å². The number of aromatic nitrogens is 3. The second-order valence-electron chi connectivity index (χ2n) is 5.99. The minimum absolute atomic E-state index is 0.814. The molecule has 0 spiro atoms. The molecule has 1 fully saturated rings. The molecule has 1 saturated heterocycles. The van der Waals surface area contributed by atoms with Crippen molar-refractivity contribution >= 4 is 32.8 Å². The summed E-state index contributed by atoms with van der Waals surface area (Å²) in [6.45, 7) is 4.92. The summed E-state index contributed by atoms with van der Waals surface area (Å²) in [7, 11) is 0. The molecule has 0 aliphatic carbocycles. The highest BCUT2D eigenvalue weighted by Gasteiger charge is 2.19. The van der Waals surface area contributed by atoms with E-state index in [9.17, 15) is 0 Å². The predicted octanol–water partition coefficient (Wildman–Crippen LogP) is 3.11. The lowest BCUT2D eigenvalue weighted by molar-refractivity contribution is 0.249. The van der Waals surface area contributed by atoms with Gasteiger partial charge in [0.05, 0.1) is 9.99 Å². The Kier molecular flexibility index (Phi) is 4.40. The van der Waals surface area contributed by atoms with Gasteiger partial charge in [0.2, 0.25) is 5.95 Å². The molecule has 4 rings (SSSR count). The van der Waals surface area contributed by atoms with Crippen molar-refractivity contribution in [3.05, 3.63) is 59.0 Å². The SMILES string of the molecule is Brc1cnc(N2CCN(Cc3ccc4ncccc4c3)CC2)nc1. The van der Waals surface area contributed by atoms with Crippen molar-refractivity contribution in [2.45, 2.75) is 6.54 Å². The number of anilines is 1. The van der Waals surface area contributed by atoms with Crippen molar-refractivity contribution in [2.75, 3.05) is 31.1 Å². The van der Waals surface area contributed by atoms with Crippen LogP contribution in [0.15, 0.2) is 53.4 Å². The normalized spacial score (nSPS) is 15.8. The van der Waals surface area contributed by atoms with E-state index in [1.807, 2.05) is 12.3 Å².